The topological polar surface area (TPSA) is 20.3 Å². The Bertz CT molecular complexity index is 360. The lowest BCUT2D eigenvalue weighted by atomic mass is 10.0. The number of carbonyl (C=O) groups excluding carboxylic acids is 1. The summed E-state index contributed by atoms with van der Waals surface area (Å²) in [5, 5.41) is 0. The van der Waals surface area contributed by atoms with Crippen LogP contribution in [0.25, 0.3) is 0 Å². The lowest BCUT2D eigenvalue weighted by molar-refractivity contribution is -0.122. The molecule has 14 heavy (non-hydrogen) atoms. The fourth-order valence-corrected chi connectivity index (χ4v) is 6.44. The molecule has 1 amide bonds. The van der Waals surface area contributed by atoms with E-state index in [1.807, 2.05) is 4.67 Å². The summed E-state index contributed by atoms with van der Waals surface area (Å²) in [6.07, 6.45) is 8.06. The first kappa shape index (κ1) is 8.67. The summed E-state index contributed by atoms with van der Waals surface area (Å²) in [7, 11) is -0.245. The number of amides is 1. The van der Waals surface area contributed by atoms with E-state index in [1.54, 1.807) is 6.92 Å². The molecule has 1 saturated heterocycles. The molecular weight excluding hydrogens is 193 g/mol. The van der Waals surface area contributed by atoms with Crippen LogP contribution >= 0.6 is 8.07 Å². The Labute approximate surface area is 85.5 Å². The van der Waals surface area contributed by atoms with E-state index in [-0.39, 0.29) is 14.0 Å². The number of hydrogen-bond donors (Lipinski definition) is 0. The first-order chi connectivity index (χ1) is 6.68. The Morgan fingerprint density at radius 1 is 1.57 bits per heavy atom. The third kappa shape index (κ3) is 0.926. The van der Waals surface area contributed by atoms with Gasteiger partial charge in [-0.15, -0.1) is 0 Å². The molecular formula is C11H14NOP. The van der Waals surface area contributed by atoms with Crippen LogP contribution in [0.3, 0.4) is 0 Å². The van der Waals surface area contributed by atoms with Gasteiger partial charge in [-0.3, -0.25) is 9.46 Å². The number of allylic oxidation sites excluding steroid dienone is 3. The van der Waals surface area contributed by atoms with Crippen LogP contribution in [0.5, 0.6) is 0 Å². The highest BCUT2D eigenvalue weighted by molar-refractivity contribution is 7.59. The lowest BCUT2D eigenvalue weighted by Crippen LogP contribution is -2.20. The van der Waals surface area contributed by atoms with Gasteiger partial charge in [-0.1, -0.05) is 12.2 Å². The molecule has 0 aromatic rings. The molecule has 1 fully saturated rings. The van der Waals surface area contributed by atoms with E-state index in [2.05, 4.69) is 25.3 Å². The molecule has 0 N–H and O–H groups in total. The summed E-state index contributed by atoms with van der Waals surface area (Å²) in [4.78, 5) is 11.5. The van der Waals surface area contributed by atoms with Crippen LogP contribution in [-0.4, -0.2) is 21.9 Å². The minimum absolute atomic E-state index is 0.221. The van der Waals surface area contributed by atoms with Crippen molar-refractivity contribution >= 4 is 14.0 Å². The number of nitrogens with zero attached hydrogens (tertiary/aromatic N) is 1. The van der Waals surface area contributed by atoms with E-state index in [9.17, 15) is 4.79 Å². The molecule has 0 saturated carbocycles. The molecule has 0 aromatic heterocycles. The highest BCUT2D eigenvalue weighted by Crippen LogP contribution is 2.69. The molecule has 2 bridgehead atoms. The highest BCUT2D eigenvalue weighted by atomic mass is 31.1. The van der Waals surface area contributed by atoms with Crippen molar-refractivity contribution in [3.05, 3.63) is 23.9 Å². The number of hydrogen-bond acceptors (Lipinski definition) is 1. The van der Waals surface area contributed by atoms with Gasteiger partial charge in [0, 0.05) is 32.5 Å². The van der Waals surface area contributed by atoms with Crippen LogP contribution in [-0.2, 0) is 4.79 Å². The van der Waals surface area contributed by atoms with Gasteiger partial charge in [0.15, 0.2) is 0 Å². The fraction of sp³-hybridized carbons (Fsp3) is 0.545. The van der Waals surface area contributed by atoms with Crippen LogP contribution in [0, 0.1) is 5.92 Å². The van der Waals surface area contributed by atoms with Gasteiger partial charge in [-0.2, -0.15) is 0 Å². The average molecular weight is 207 g/mol. The van der Waals surface area contributed by atoms with E-state index in [1.165, 1.54) is 12.0 Å². The molecule has 3 heteroatoms. The second-order valence-corrected chi connectivity index (χ2v) is 6.82. The van der Waals surface area contributed by atoms with Gasteiger partial charge in [-0.05, 0) is 24.8 Å². The van der Waals surface area contributed by atoms with E-state index >= 15 is 0 Å². The number of fused-ring (bicyclic) bond motifs is 5. The zero-order chi connectivity index (χ0) is 9.87. The molecule has 0 aromatic carbocycles. The third-order valence-electron chi connectivity index (χ3n) is 3.49. The zero-order valence-corrected chi connectivity index (χ0v) is 9.37. The van der Waals surface area contributed by atoms with Crippen molar-refractivity contribution in [3.63, 3.8) is 0 Å². The summed E-state index contributed by atoms with van der Waals surface area (Å²) < 4.78 is 2.02. The quantitative estimate of drug-likeness (QED) is 0.441. The molecule has 2 heterocycles. The summed E-state index contributed by atoms with van der Waals surface area (Å²) in [5.41, 5.74) is 2.78. The number of rotatable bonds is 0. The molecule has 4 atom stereocenters. The molecule has 0 radical (unpaired) electrons. The average Bonchev–Trinajstić information content (AvgIpc) is 2.75. The van der Waals surface area contributed by atoms with Gasteiger partial charge < -0.3 is 0 Å². The van der Waals surface area contributed by atoms with E-state index in [4.69, 9.17) is 0 Å². The maximum absolute atomic E-state index is 11.5. The van der Waals surface area contributed by atoms with E-state index in [0.717, 1.165) is 5.92 Å². The van der Waals surface area contributed by atoms with Crippen molar-refractivity contribution < 1.29 is 4.79 Å². The Morgan fingerprint density at radius 3 is 3.07 bits per heavy atom. The van der Waals surface area contributed by atoms with Gasteiger partial charge in [0.1, 0.15) is 0 Å². The maximum atomic E-state index is 11.5. The van der Waals surface area contributed by atoms with Gasteiger partial charge in [0.25, 0.3) is 0 Å². The number of carbonyl (C=O) groups is 1. The van der Waals surface area contributed by atoms with Crippen molar-refractivity contribution in [1.29, 1.82) is 0 Å². The van der Waals surface area contributed by atoms with E-state index in [0.29, 0.717) is 11.3 Å². The van der Waals surface area contributed by atoms with Crippen LogP contribution in [0.2, 0.25) is 0 Å². The Morgan fingerprint density at radius 2 is 2.36 bits per heavy atom. The van der Waals surface area contributed by atoms with Crippen molar-refractivity contribution in [2.45, 2.75) is 31.6 Å². The molecule has 1 unspecified atom stereocenters. The zero-order valence-electron chi connectivity index (χ0n) is 8.47. The predicted molar refractivity (Wildman–Crippen MR) is 58.0 cm³/mol. The van der Waals surface area contributed by atoms with Crippen LogP contribution in [0.1, 0.15) is 20.3 Å². The summed E-state index contributed by atoms with van der Waals surface area (Å²) in [6, 6.07) is 0. The van der Waals surface area contributed by atoms with Crippen LogP contribution < -0.4 is 0 Å². The van der Waals surface area contributed by atoms with Crippen molar-refractivity contribution in [3.8, 4) is 0 Å². The first-order valence-electron chi connectivity index (χ1n) is 5.13. The van der Waals surface area contributed by atoms with Crippen molar-refractivity contribution in [2.75, 3.05) is 0 Å². The second-order valence-electron chi connectivity index (χ2n) is 4.41. The summed E-state index contributed by atoms with van der Waals surface area (Å²) >= 11 is 0. The second kappa shape index (κ2) is 2.70. The monoisotopic (exact) mass is 207 g/mol. The molecule has 3 aliphatic rings. The largest absolute Gasteiger partial charge is 0.297 e. The summed E-state index contributed by atoms with van der Waals surface area (Å²) in [5.74, 6) is 0.950. The van der Waals surface area contributed by atoms with Gasteiger partial charge >= 0.3 is 0 Å². The smallest absolute Gasteiger partial charge is 0.226 e. The SMILES string of the molecule is CC(=O)N1C=C(C)[C@H]2[C@H]3C=C[C@H](C3)P21. The highest BCUT2D eigenvalue weighted by Gasteiger charge is 2.51. The van der Waals surface area contributed by atoms with Gasteiger partial charge in [-0.25, -0.2) is 0 Å². The molecule has 74 valence electrons. The minimum atomic E-state index is -0.245. The van der Waals surface area contributed by atoms with E-state index < -0.39 is 0 Å². The molecule has 2 aliphatic heterocycles. The van der Waals surface area contributed by atoms with Gasteiger partial charge in [0.05, 0.1) is 0 Å². The standard InChI is InChI=1S/C11H14NOP/c1-7-6-12(8(2)13)14-10-4-3-9(5-10)11(7)14/h3-4,6,9-11H,5H2,1-2H3/t9-,10+,11-,14?/m0/s1. The van der Waals surface area contributed by atoms with Crippen molar-refractivity contribution in [1.82, 2.24) is 4.67 Å². The minimum Gasteiger partial charge on any atom is -0.297 e. The van der Waals surface area contributed by atoms with Gasteiger partial charge in [0.2, 0.25) is 5.91 Å². The molecule has 1 aliphatic carbocycles. The molecule has 0 spiro atoms. The fourth-order valence-electron chi connectivity index (χ4n) is 2.97. The maximum Gasteiger partial charge on any atom is 0.226 e. The Kier molecular flexibility index (Phi) is 1.67. The lowest BCUT2D eigenvalue weighted by Gasteiger charge is -2.28. The molecule has 3 rings (SSSR count). The third-order valence-corrected chi connectivity index (χ3v) is 6.81. The van der Waals surface area contributed by atoms with Crippen molar-refractivity contribution in [2.24, 2.45) is 5.92 Å². The van der Waals surface area contributed by atoms with Crippen LogP contribution in [0.15, 0.2) is 23.9 Å². The summed E-state index contributed by atoms with van der Waals surface area (Å²) in [6.45, 7) is 3.86. The Hall–Kier alpha value is -0.620. The normalized spacial score (nSPS) is 43.0. The predicted octanol–water partition coefficient (Wildman–Crippen LogP) is 2.48. The molecule has 2 nitrogen and oxygen atoms in total. The van der Waals surface area contributed by atoms with Crippen LogP contribution in [0.4, 0.5) is 0 Å². The first-order valence-corrected chi connectivity index (χ1v) is 6.56. The Balaban J connectivity index is 2.00.